The summed E-state index contributed by atoms with van der Waals surface area (Å²) in [5, 5.41) is 2.97. The molecule has 0 unspecified atom stereocenters. The van der Waals surface area contributed by atoms with Gasteiger partial charge in [0.2, 0.25) is 5.91 Å². The van der Waals surface area contributed by atoms with Crippen LogP contribution >= 0.6 is 0 Å². The fraction of sp³-hybridized carbons (Fsp3) is 0.375. The van der Waals surface area contributed by atoms with Crippen molar-refractivity contribution in [3.8, 4) is 11.5 Å². The minimum absolute atomic E-state index is 0.0369. The van der Waals surface area contributed by atoms with Crippen molar-refractivity contribution < 1.29 is 4.79 Å². The van der Waals surface area contributed by atoms with Gasteiger partial charge < -0.3 is 5.32 Å². The molecule has 1 amide bonds. The Kier molecular flexibility index (Phi) is 4.39. The van der Waals surface area contributed by atoms with Gasteiger partial charge in [0.05, 0.1) is 0 Å². The van der Waals surface area contributed by atoms with Crippen molar-refractivity contribution in [1.82, 2.24) is 25.2 Å². The van der Waals surface area contributed by atoms with Crippen molar-refractivity contribution in [2.24, 2.45) is 0 Å². The second kappa shape index (κ2) is 6.62. The summed E-state index contributed by atoms with van der Waals surface area (Å²) < 4.78 is 0. The van der Waals surface area contributed by atoms with Gasteiger partial charge in [0.15, 0.2) is 5.82 Å². The summed E-state index contributed by atoms with van der Waals surface area (Å²) in [6, 6.07) is 5.95. The molecular formula is C16H19N5O. The van der Waals surface area contributed by atoms with Gasteiger partial charge in [0.25, 0.3) is 0 Å². The number of aromatic nitrogens is 3. The Bertz CT molecular complexity index is 629. The fourth-order valence-electron chi connectivity index (χ4n) is 2.70. The average Bonchev–Trinajstić information content (AvgIpc) is 2.95. The average molecular weight is 297 g/mol. The number of carbonyl (C=O) groups is 1. The summed E-state index contributed by atoms with van der Waals surface area (Å²) in [6.45, 7) is 4.22. The lowest BCUT2D eigenvalue weighted by atomic mass is 10.2. The maximum Gasteiger partial charge on any atom is 0.217 e. The maximum absolute atomic E-state index is 11.1. The molecule has 2 aromatic rings. The summed E-state index contributed by atoms with van der Waals surface area (Å²) in [5.74, 6) is 0.678. The van der Waals surface area contributed by atoms with E-state index in [2.05, 4.69) is 25.2 Å². The van der Waals surface area contributed by atoms with Crippen molar-refractivity contribution in [3.63, 3.8) is 0 Å². The quantitative estimate of drug-likeness (QED) is 0.919. The smallest absolute Gasteiger partial charge is 0.217 e. The Morgan fingerprint density at radius 3 is 2.82 bits per heavy atom. The molecule has 6 heteroatoms. The maximum atomic E-state index is 11.1. The van der Waals surface area contributed by atoms with Gasteiger partial charge >= 0.3 is 0 Å². The van der Waals surface area contributed by atoms with Gasteiger partial charge in [-0.25, -0.2) is 9.97 Å². The van der Waals surface area contributed by atoms with Crippen LogP contribution in [0.3, 0.4) is 0 Å². The molecule has 0 saturated carbocycles. The predicted molar refractivity (Wildman–Crippen MR) is 82.8 cm³/mol. The summed E-state index contributed by atoms with van der Waals surface area (Å²) in [6.07, 6.45) is 6.43. The number of nitrogens with one attached hydrogen (secondary N) is 1. The van der Waals surface area contributed by atoms with Crippen molar-refractivity contribution in [2.45, 2.75) is 25.9 Å². The van der Waals surface area contributed by atoms with Gasteiger partial charge in [-0.05, 0) is 18.6 Å². The summed E-state index contributed by atoms with van der Waals surface area (Å²) in [7, 11) is 0. The highest BCUT2D eigenvalue weighted by Gasteiger charge is 2.22. The Hall–Kier alpha value is -2.34. The lowest BCUT2D eigenvalue weighted by molar-refractivity contribution is -0.119. The van der Waals surface area contributed by atoms with Crippen LogP contribution in [-0.2, 0) is 11.3 Å². The number of rotatable bonds is 4. The molecule has 1 saturated heterocycles. The van der Waals surface area contributed by atoms with E-state index in [1.807, 2.05) is 30.6 Å². The Balaban J connectivity index is 1.59. The Morgan fingerprint density at radius 2 is 2.14 bits per heavy atom. The van der Waals surface area contributed by atoms with Crippen LogP contribution in [0.2, 0.25) is 0 Å². The van der Waals surface area contributed by atoms with Crippen molar-refractivity contribution in [2.75, 3.05) is 13.1 Å². The zero-order valence-electron chi connectivity index (χ0n) is 12.6. The van der Waals surface area contributed by atoms with Gasteiger partial charge in [-0.3, -0.25) is 14.7 Å². The molecule has 2 aromatic heterocycles. The standard InChI is InChI=1S/C16H19N5O/c1-12(22)20-14-5-7-21(11-14)10-13-8-18-16(19-9-13)15-4-2-3-6-17-15/h2-4,6,8-9,14H,5,7,10-11H2,1H3,(H,20,22)/t14-/m1/s1. The lowest BCUT2D eigenvalue weighted by Crippen LogP contribution is -2.35. The van der Waals surface area contributed by atoms with E-state index in [4.69, 9.17) is 0 Å². The summed E-state index contributed by atoms with van der Waals surface area (Å²) >= 11 is 0. The van der Waals surface area contributed by atoms with Crippen LogP contribution in [0.15, 0.2) is 36.8 Å². The molecule has 0 radical (unpaired) electrons. The Morgan fingerprint density at radius 1 is 1.32 bits per heavy atom. The van der Waals surface area contributed by atoms with E-state index in [1.165, 1.54) is 0 Å². The number of hydrogen-bond acceptors (Lipinski definition) is 5. The summed E-state index contributed by atoms with van der Waals surface area (Å²) in [4.78, 5) is 26.4. The number of nitrogens with zero attached hydrogens (tertiary/aromatic N) is 4. The van der Waals surface area contributed by atoms with Gasteiger partial charge in [-0.2, -0.15) is 0 Å². The van der Waals surface area contributed by atoms with Crippen molar-refractivity contribution in [3.05, 3.63) is 42.4 Å². The zero-order chi connectivity index (χ0) is 15.4. The SMILES string of the molecule is CC(=O)N[C@@H]1CCN(Cc2cnc(-c3ccccn3)nc2)C1. The molecule has 1 aliphatic heterocycles. The molecule has 0 aromatic carbocycles. The zero-order valence-corrected chi connectivity index (χ0v) is 12.6. The molecule has 0 aliphatic carbocycles. The molecule has 0 spiro atoms. The van der Waals surface area contributed by atoms with E-state index >= 15 is 0 Å². The molecule has 3 rings (SSSR count). The minimum Gasteiger partial charge on any atom is -0.352 e. The van der Waals surface area contributed by atoms with Crippen LogP contribution in [0.1, 0.15) is 18.9 Å². The van der Waals surface area contributed by atoms with E-state index in [-0.39, 0.29) is 11.9 Å². The third-order valence-corrected chi connectivity index (χ3v) is 3.69. The van der Waals surface area contributed by atoms with Crippen molar-refractivity contribution in [1.29, 1.82) is 0 Å². The minimum atomic E-state index is 0.0369. The lowest BCUT2D eigenvalue weighted by Gasteiger charge is -2.16. The second-order valence-corrected chi connectivity index (χ2v) is 5.55. The van der Waals surface area contributed by atoms with Gasteiger partial charge in [0.1, 0.15) is 5.69 Å². The third kappa shape index (κ3) is 3.65. The molecule has 1 N–H and O–H groups in total. The highest BCUT2D eigenvalue weighted by molar-refractivity contribution is 5.73. The molecule has 1 aliphatic rings. The van der Waals surface area contributed by atoms with E-state index < -0.39 is 0 Å². The number of likely N-dealkylation sites (tertiary alicyclic amines) is 1. The molecule has 114 valence electrons. The molecular weight excluding hydrogens is 278 g/mol. The number of amides is 1. The van der Waals surface area contributed by atoms with E-state index in [0.717, 1.165) is 37.3 Å². The topological polar surface area (TPSA) is 71.0 Å². The van der Waals surface area contributed by atoms with Gasteiger partial charge in [-0.15, -0.1) is 0 Å². The molecule has 1 fully saturated rings. The normalized spacial score (nSPS) is 18.3. The molecule has 1 atom stereocenters. The first-order valence-electron chi connectivity index (χ1n) is 7.42. The monoisotopic (exact) mass is 297 g/mol. The van der Waals surface area contributed by atoms with Crippen LogP contribution in [0.5, 0.6) is 0 Å². The van der Waals surface area contributed by atoms with Gasteiger partial charge in [-0.1, -0.05) is 6.07 Å². The van der Waals surface area contributed by atoms with Crippen LogP contribution in [0.25, 0.3) is 11.5 Å². The molecule has 0 bridgehead atoms. The summed E-state index contributed by atoms with van der Waals surface area (Å²) in [5.41, 5.74) is 1.85. The van der Waals surface area contributed by atoms with Crippen LogP contribution < -0.4 is 5.32 Å². The first kappa shape index (κ1) is 14.6. The first-order valence-corrected chi connectivity index (χ1v) is 7.42. The van der Waals surface area contributed by atoms with Crippen molar-refractivity contribution >= 4 is 5.91 Å². The van der Waals surface area contributed by atoms with Crippen LogP contribution in [0, 0.1) is 0 Å². The van der Waals surface area contributed by atoms with Crippen LogP contribution in [-0.4, -0.2) is 44.9 Å². The van der Waals surface area contributed by atoms with Gasteiger partial charge in [0, 0.05) is 56.8 Å². The van der Waals surface area contributed by atoms with E-state index in [1.54, 1.807) is 13.1 Å². The van der Waals surface area contributed by atoms with Crippen LogP contribution in [0.4, 0.5) is 0 Å². The molecule has 3 heterocycles. The second-order valence-electron chi connectivity index (χ2n) is 5.55. The number of hydrogen-bond donors (Lipinski definition) is 1. The highest BCUT2D eigenvalue weighted by Crippen LogP contribution is 2.14. The molecule has 22 heavy (non-hydrogen) atoms. The Labute approximate surface area is 129 Å². The number of pyridine rings is 1. The van der Waals surface area contributed by atoms with E-state index in [0.29, 0.717) is 5.82 Å². The first-order chi connectivity index (χ1) is 10.7. The molecule has 6 nitrogen and oxygen atoms in total. The highest BCUT2D eigenvalue weighted by atomic mass is 16.1. The van der Waals surface area contributed by atoms with E-state index in [9.17, 15) is 4.79 Å². The fourth-order valence-corrected chi connectivity index (χ4v) is 2.70. The largest absolute Gasteiger partial charge is 0.352 e. The predicted octanol–water partition coefficient (Wildman–Crippen LogP) is 1.25. The number of carbonyl (C=O) groups excluding carboxylic acids is 1. The third-order valence-electron chi connectivity index (χ3n) is 3.69.